The van der Waals surface area contributed by atoms with Crippen molar-refractivity contribution in [2.24, 2.45) is 0 Å². The third-order valence-corrected chi connectivity index (χ3v) is 2.94. The first-order chi connectivity index (χ1) is 10.8. The summed E-state index contributed by atoms with van der Waals surface area (Å²) in [6.07, 6.45) is 8.40. The first-order valence-corrected chi connectivity index (χ1v) is 6.94. The smallest absolute Gasteiger partial charge is 0.244 e. The molecule has 0 unspecified atom stereocenters. The molecule has 0 saturated carbocycles. The number of terminal acetylenes is 1. The van der Waals surface area contributed by atoms with E-state index in [1.54, 1.807) is 6.08 Å². The van der Waals surface area contributed by atoms with Crippen molar-refractivity contribution in [3.05, 3.63) is 71.8 Å². The van der Waals surface area contributed by atoms with Gasteiger partial charge in [-0.1, -0.05) is 48.4 Å². The molecule has 0 radical (unpaired) electrons. The standard InChI is InChI=1S/C19H17NO2/c1-2-14-22-18-11-8-16(9-12-18)10-13-19(21)20-15-17-6-4-3-5-7-17/h1,3-13H,14-15H2,(H,20,21)/b13-10+. The van der Waals surface area contributed by atoms with E-state index >= 15 is 0 Å². The highest BCUT2D eigenvalue weighted by Gasteiger charge is 1.97. The van der Waals surface area contributed by atoms with Crippen molar-refractivity contribution in [3.63, 3.8) is 0 Å². The summed E-state index contributed by atoms with van der Waals surface area (Å²) < 4.78 is 5.28. The highest BCUT2D eigenvalue weighted by molar-refractivity contribution is 5.91. The Morgan fingerprint density at radius 3 is 2.55 bits per heavy atom. The molecule has 0 bridgehead atoms. The summed E-state index contributed by atoms with van der Waals surface area (Å²) in [5.41, 5.74) is 1.99. The Labute approximate surface area is 130 Å². The molecule has 110 valence electrons. The molecule has 22 heavy (non-hydrogen) atoms. The van der Waals surface area contributed by atoms with Crippen molar-refractivity contribution < 1.29 is 9.53 Å². The summed E-state index contributed by atoms with van der Waals surface area (Å²) in [5, 5.41) is 2.84. The minimum atomic E-state index is -0.128. The summed E-state index contributed by atoms with van der Waals surface area (Å²) in [4.78, 5) is 11.8. The van der Waals surface area contributed by atoms with Gasteiger partial charge in [0.2, 0.25) is 5.91 Å². The number of hydrogen-bond acceptors (Lipinski definition) is 2. The van der Waals surface area contributed by atoms with Gasteiger partial charge in [0, 0.05) is 12.6 Å². The van der Waals surface area contributed by atoms with Crippen LogP contribution in [0.5, 0.6) is 5.75 Å². The third-order valence-electron chi connectivity index (χ3n) is 2.94. The molecule has 0 aliphatic heterocycles. The first kappa shape index (κ1) is 15.4. The summed E-state index contributed by atoms with van der Waals surface area (Å²) in [6.45, 7) is 0.764. The van der Waals surface area contributed by atoms with Gasteiger partial charge in [-0.15, -0.1) is 6.42 Å². The number of ether oxygens (including phenoxy) is 1. The molecule has 0 aromatic heterocycles. The van der Waals surface area contributed by atoms with Crippen LogP contribution < -0.4 is 10.1 Å². The second-order valence-electron chi connectivity index (χ2n) is 4.60. The Hall–Kier alpha value is -2.99. The van der Waals surface area contributed by atoms with E-state index in [4.69, 9.17) is 11.2 Å². The number of carbonyl (C=O) groups excluding carboxylic acids is 1. The van der Waals surface area contributed by atoms with Gasteiger partial charge in [-0.2, -0.15) is 0 Å². The van der Waals surface area contributed by atoms with Crippen LogP contribution in [-0.4, -0.2) is 12.5 Å². The Bertz CT molecular complexity index is 667. The van der Waals surface area contributed by atoms with Gasteiger partial charge in [0.1, 0.15) is 12.4 Å². The molecular formula is C19H17NO2. The maximum atomic E-state index is 11.8. The molecule has 0 aliphatic rings. The largest absolute Gasteiger partial charge is 0.481 e. The number of hydrogen-bond donors (Lipinski definition) is 1. The number of amides is 1. The van der Waals surface area contributed by atoms with E-state index < -0.39 is 0 Å². The Kier molecular flexibility index (Phi) is 5.83. The van der Waals surface area contributed by atoms with Gasteiger partial charge in [-0.25, -0.2) is 0 Å². The van der Waals surface area contributed by atoms with Crippen LogP contribution in [0.3, 0.4) is 0 Å². The van der Waals surface area contributed by atoms with Gasteiger partial charge in [-0.05, 0) is 29.3 Å². The van der Waals surface area contributed by atoms with Crippen LogP contribution in [-0.2, 0) is 11.3 Å². The van der Waals surface area contributed by atoms with E-state index in [1.165, 1.54) is 6.08 Å². The lowest BCUT2D eigenvalue weighted by molar-refractivity contribution is -0.116. The topological polar surface area (TPSA) is 38.3 Å². The monoisotopic (exact) mass is 291 g/mol. The van der Waals surface area contributed by atoms with E-state index in [2.05, 4.69) is 11.2 Å². The first-order valence-electron chi connectivity index (χ1n) is 6.94. The highest BCUT2D eigenvalue weighted by atomic mass is 16.5. The van der Waals surface area contributed by atoms with Gasteiger partial charge in [0.15, 0.2) is 0 Å². The van der Waals surface area contributed by atoms with E-state index in [-0.39, 0.29) is 12.5 Å². The third kappa shape index (κ3) is 5.18. The molecule has 0 aliphatic carbocycles. The lowest BCUT2D eigenvalue weighted by atomic mass is 10.2. The zero-order chi connectivity index (χ0) is 15.6. The fourth-order valence-corrected chi connectivity index (χ4v) is 1.82. The normalized spacial score (nSPS) is 10.1. The summed E-state index contributed by atoms with van der Waals surface area (Å²) in [5.74, 6) is 2.99. The van der Waals surface area contributed by atoms with E-state index in [0.29, 0.717) is 12.3 Å². The molecule has 0 saturated heterocycles. The van der Waals surface area contributed by atoms with Crippen LogP contribution in [0.4, 0.5) is 0 Å². The average Bonchev–Trinajstić information content (AvgIpc) is 2.58. The molecule has 1 amide bonds. The second-order valence-corrected chi connectivity index (χ2v) is 4.60. The van der Waals surface area contributed by atoms with Gasteiger partial charge >= 0.3 is 0 Å². The molecule has 0 atom stereocenters. The summed E-state index contributed by atoms with van der Waals surface area (Å²) >= 11 is 0. The summed E-state index contributed by atoms with van der Waals surface area (Å²) in [6, 6.07) is 17.2. The van der Waals surface area contributed by atoms with Gasteiger partial charge in [0.05, 0.1) is 0 Å². The van der Waals surface area contributed by atoms with Crippen LogP contribution >= 0.6 is 0 Å². The Balaban J connectivity index is 1.83. The molecule has 3 nitrogen and oxygen atoms in total. The molecule has 0 spiro atoms. The van der Waals surface area contributed by atoms with Crippen LogP contribution in [0.1, 0.15) is 11.1 Å². The lowest BCUT2D eigenvalue weighted by Crippen LogP contribution is -2.20. The van der Waals surface area contributed by atoms with E-state index in [0.717, 1.165) is 11.1 Å². The molecule has 3 heteroatoms. The fraction of sp³-hybridized carbons (Fsp3) is 0.105. The minimum Gasteiger partial charge on any atom is -0.481 e. The van der Waals surface area contributed by atoms with Crippen molar-refractivity contribution >= 4 is 12.0 Å². The van der Waals surface area contributed by atoms with Crippen molar-refractivity contribution in [1.29, 1.82) is 0 Å². The minimum absolute atomic E-state index is 0.128. The fourth-order valence-electron chi connectivity index (χ4n) is 1.82. The maximum Gasteiger partial charge on any atom is 0.244 e. The van der Waals surface area contributed by atoms with Gasteiger partial charge < -0.3 is 10.1 Å². The van der Waals surface area contributed by atoms with Crippen LogP contribution in [0.2, 0.25) is 0 Å². The highest BCUT2D eigenvalue weighted by Crippen LogP contribution is 2.12. The predicted molar refractivity (Wildman–Crippen MR) is 88.1 cm³/mol. The number of carbonyl (C=O) groups is 1. The summed E-state index contributed by atoms with van der Waals surface area (Å²) in [7, 11) is 0. The van der Waals surface area contributed by atoms with Crippen LogP contribution in [0.15, 0.2) is 60.7 Å². The van der Waals surface area contributed by atoms with E-state index in [1.807, 2.05) is 54.6 Å². The maximum absolute atomic E-state index is 11.8. The number of nitrogens with one attached hydrogen (secondary N) is 1. The van der Waals surface area contributed by atoms with Crippen molar-refractivity contribution in [2.75, 3.05) is 6.61 Å². The van der Waals surface area contributed by atoms with Gasteiger partial charge in [0.25, 0.3) is 0 Å². The molecule has 0 heterocycles. The molecule has 2 aromatic rings. The van der Waals surface area contributed by atoms with Crippen molar-refractivity contribution in [3.8, 4) is 18.1 Å². The van der Waals surface area contributed by atoms with Crippen molar-refractivity contribution in [2.45, 2.75) is 6.54 Å². The van der Waals surface area contributed by atoms with Crippen LogP contribution in [0, 0.1) is 12.3 Å². The van der Waals surface area contributed by atoms with Gasteiger partial charge in [-0.3, -0.25) is 4.79 Å². The molecular weight excluding hydrogens is 274 g/mol. The molecule has 0 fully saturated rings. The molecule has 2 aromatic carbocycles. The lowest BCUT2D eigenvalue weighted by Gasteiger charge is -2.03. The number of benzene rings is 2. The average molecular weight is 291 g/mol. The Morgan fingerprint density at radius 1 is 1.14 bits per heavy atom. The number of rotatable bonds is 6. The molecule has 1 N–H and O–H groups in total. The Morgan fingerprint density at radius 2 is 1.86 bits per heavy atom. The SMILES string of the molecule is C#CCOc1ccc(/C=C/C(=O)NCc2ccccc2)cc1. The van der Waals surface area contributed by atoms with Crippen LogP contribution in [0.25, 0.3) is 6.08 Å². The zero-order valence-electron chi connectivity index (χ0n) is 12.2. The predicted octanol–water partition coefficient (Wildman–Crippen LogP) is 3.03. The van der Waals surface area contributed by atoms with Crippen molar-refractivity contribution in [1.82, 2.24) is 5.32 Å². The molecule has 2 rings (SSSR count). The zero-order valence-corrected chi connectivity index (χ0v) is 12.2. The quantitative estimate of drug-likeness (QED) is 0.656. The second kappa shape index (κ2) is 8.33. The van der Waals surface area contributed by atoms with E-state index in [9.17, 15) is 4.79 Å².